The molecule has 5 heteroatoms. The SMILES string of the molecule is COc1ccccc1CNC(=O)CN1CC[C@@H]2CC[C@H](C1)N2C. The van der Waals surface area contributed by atoms with Crippen molar-refractivity contribution in [3.05, 3.63) is 29.8 Å². The van der Waals surface area contributed by atoms with Crippen LogP contribution in [-0.2, 0) is 11.3 Å². The second-order valence-corrected chi connectivity index (χ2v) is 6.66. The lowest BCUT2D eigenvalue weighted by Crippen LogP contribution is -2.41. The minimum atomic E-state index is 0.0938. The summed E-state index contributed by atoms with van der Waals surface area (Å²) in [6.45, 7) is 3.04. The summed E-state index contributed by atoms with van der Waals surface area (Å²) >= 11 is 0. The standard InChI is InChI=1S/C18H27N3O2/c1-20-15-7-8-16(20)12-21(10-9-15)13-18(22)19-11-14-5-3-4-6-17(14)23-2/h3-6,15-16H,7-13H2,1-2H3,(H,19,22)/t15-,16+/m0/s1. The van der Waals surface area contributed by atoms with E-state index in [1.165, 1.54) is 19.3 Å². The number of nitrogens with one attached hydrogen (secondary N) is 1. The van der Waals surface area contributed by atoms with Crippen molar-refractivity contribution in [1.29, 1.82) is 0 Å². The quantitative estimate of drug-likeness (QED) is 0.893. The van der Waals surface area contributed by atoms with Crippen LogP contribution in [0.15, 0.2) is 24.3 Å². The fourth-order valence-corrected chi connectivity index (χ4v) is 3.82. The first-order valence-electron chi connectivity index (χ1n) is 8.50. The molecular formula is C18H27N3O2. The maximum Gasteiger partial charge on any atom is 0.234 e. The predicted octanol–water partition coefficient (Wildman–Crippen LogP) is 1.48. The Morgan fingerprint density at radius 1 is 1.26 bits per heavy atom. The maximum atomic E-state index is 12.3. The highest BCUT2D eigenvalue weighted by Crippen LogP contribution is 2.28. The Kier molecular flexibility index (Phi) is 5.18. The highest BCUT2D eigenvalue weighted by Gasteiger charge is 2.34. The number of fused-ring (bicyclic) bond motifs is 2. The van der Waals surface area contributed by atoms with Crippen LogP contribution in [0.25, 0.3) is 0 Å². The summed E-state index contributed by atoms with van der Waals surface area (Å²) in [4.78, 5) is 17.1. The molecular weight excluding hydrogens is 290 g/mol. The van der Waals surface area contributed by atoms with Gasteiger partial charge in [-0.15, -0.1) is 0 Å². The van der Waals surface area contributed by atoms with Gasteiger partial charge >= 0.3 is 0 Å². The molecule has 2 aliphatic heterocycles. The Hall–Kier alpha value is -1.59. The van der Waals surface area contributed by atoms with Crippen molar-refractivity contribution >= 4 is 5.91 Å². The Morgan fingerprint density at radius 3 is 2.87 bits per heavy atom. The average molecular weight is 317 g/mol. The second-order valence-electron chi connectivity index (χ2n) is 6.66. The number of amides is 1. The number of hydrogen-bond acceptors (Lipinski definition) is 4. The van der Waals surface area contributed by atoms with Gasteiger partial charge < -0.3 is 10.1 Å². The van der Waals surface area contributed by atoms with E-state index in [-0.39, 0.29) is 5.91 Å². The van der Waals surface area contributed by atoms with Gasteiger partial charge in [0.2, 0.25) is 5.91 Å². The predicted molar refractivity (Wildman–Crippen MR) is 90.5 cm³/mol. The van der Waals surface area contributed by atoms with Crippen LogP contribution in [-0.4, -0.2) is 61.6 Å². The van der Waals surface area contributed by atoms with Gasteiger partial charge in [-0.2, -0.15) is 0 Å². The number of methoxy groups -OCH3 is 1. The van der Waals surface area contributed by atoms with Gasteiger partial charge in [-0.25, -0.2) is 0 Å². The molecule has 0 aromatic heterocycles. The number of rotatable bonds is 5. The van der Waals surface area contributed by atoms with Crippen LogP contribution in [0.2, 0.25) is 0 Å². The highest BCUT2D eigenvalue weighted by atomic mass is 16.5. The van der Waals surface area contributed by atoms with E-state index < -0.39 is 0 Å². The molecule has 126 valence electrons. The van der Waals surface area contributed by atoms with Gasteiger partial charge in [0.25, 0.3) is 0 Å². The molecule has 0 saturated carbocycles. The van der Waals surface area contributed by atoms with E-state index in [9.17, 15) is 4.79 Å². The monoisotopic (exact) mass is 317 g/mol. The molecule has 0 spiro atoms. The first-order valence-corrected chi connectivity index (χ1v) is 8.50. The summed E-state index contributed by atoms with van der Waals surface area (Å²) < 4.78 is 5.32. The van der Waals surface area contributed by atoms with E-state index in [0.29, 0.717) is 25.2 Å². The number of hydrogen-bond donors (Lipinski definition) is 1. The zero-order chi connectivity index (χ0) is 16.2. The first-order chi connectivity index (χ1) is 11.2. The van der Waals surface area contributed by atoms with Gasteiger partial charge in [0.15, 0.2) is 0 Å². The van der Waals surface area contributed by atoms with Gasteiger partial charge in [0, 0.05) is 37.3 Å². The van der Waals surface area contributed by atoms with Crippen molar-refractivity contribution in [2.45, 2.75) is 37.9 Å². The molecule has 2 heterocycles. The van der Waals surface area contributed by atoms with E-state index in [4.69, 9.17) is 4.74 Å². The summed E-state index contributed by atoms with van der Waals surface area (Å²) in [6.07, 6.45) is 3.75. The summed E-state index contributed by atoms with van der Waals surface area (Å²) in [7, 11) is 3.89. The van der Waals surface area contributed by atoms with Crippen LogP contribution in [0.4, 0.5) is 0 Å². The molecule has 5 nitrogen and oxygen atoms in total. The largest absolute Gasteiger partial charge is 0.496 e. The minimum Gasteiger partial charge on any atom is -0.496 e. The molecule has 2 bridgehead atoms. The molecule has 0 unspecified atom stereocenters. The molecule has 0 radical (unpaired) electrons. The Bertz CT molecular complexity index is 549. The van der Waals surface area contributed by atoms with Gasteiger partial charge in [-0.1, -0.05) is 18.2 Å². The topological polar surface area (TPSA) is 44.8 Å². The maximum absolute atomic E-state index is 12.3. The van der Waals surface area contributed by atoms with E-state index in [2.05, 4.69) is 22.2 Å². The van der Waals surface area contributed by atoms with Crippen molar-refractivity contribution in [3.8, 4) is 5.75 Å². The lowest BCUT2D eigenvalue weighted by molar-refractivity contribution is -0.122. The molecule has 23 heavy (non-hydrogen) atoms. The molecule has 1 N–H and O–H groups in total. The number of carbonyl (C=O) groups is 1. The van der Waals surface area contributed by atoms with E-state index >= 15 is 0 Å². The molecule has 3 rings (SSSR count). The molecule has 2 aliphatic rings. The van der Waals surface area contributed by atoms with Crippen LogP contribution in [0.5, 0.6) is 5.75 Å². The Balaban J connectivity index is 1.50. The molecule has 1 aromatic rings. The van der Waals surface area contributed by atoms with Crippen LogP contribution < -0.4 is 10.1 Å². The van der Waals surface area contributed by atoms with Crippen molar-refractivity contribution in [1.82, 2.24) is 15.1 Å². The van der Waals surface area contributed by atoms with E-state index in [1.54, 1.807) is 7.11 Å². The molecule has 1 amide bonds. The number of ether oxygens (including phenoxy) is 1. The lowest BCUT2D eigenvalue weighted by atomic mass is 10.1. The van der Waals surface area contributed by atoms with Gasteiger partial charge in [0.05, 0.1) is 13.7 Å². The second kappa shape index (κ2) is 7.32. The number of nitrogens with zero attached hydrogens (tertiary/aromatic N) is 2. The van der Waals surface area contributed by atoms with Crippen LogP contribution in [0.3, 0.4) is 0 Å². The molecule has 0 aliphatic carbocycles. The minimum absolute atomic E-state index is 0.0938. The number of para-hydroxylation sites is 1. The molecule has 2 saturated heterocycles. The van der Waals surface area contributed by atoms with Gasteiger partial charge in [0.1, 0.15) is 5.75 Å². The van der Waals surface area contributed by atoms with Crippen molar-refractivity contribution in [2.75, 3.05) is 33.8 Å². The van der Waals surface area contributed by atoms with Crippen molar-refractivity contribution in [3.63, 3.8) is 0 Å². The normalized spacial score (nSPS) is 25.1. The first kappa shape index (κ1) is 16.3. The van der Waals surface area contributed by atoms with Gasteiger partial charge in [-0.05, 0) is 32.4 Å². The Labute approximate surface area is 138 Å². The number of carbonyl (C=O) groups excluding carboxylic acids is 1. The van der Waals surface area contributed by atoms with Gasteiger partial charge in [-0.3, -0.25) is 14.6 Å². The average Bonchev–Trinajstić information content (AvgIpc) is 2.81. The third-order valence-electron chi connectivity index (χ3n) is 5.27. The fraction of sp³-hybridized carbons (Fsp3) is 0.611. The molecule has 1 aromatic carbocycles. The third-order valence-corrected chi connectivity index (χ3v) is 5.27. The van der Waals surface area contributed by atoms with E-state index in [0.717, 1.165) is 24.4 Å². The zero-order valence-corrected chi connectivity index (χ0v) is 14.1. The summed E-state index contributed by atoms with van der Waals surface area (Å²) in [5, 5.41) is 3.02. The van der Waals surface area contributed by atoms with Crippen molar-refractivity contribution < 1.29 is 9.53 Å². The number of likely N-dealkylation sites (tertiary alicyclic amines) is 1. The summed E-state index contributed by atoms with van der Waals surface area (Å²) in [5.41, 5.74) is 1.01. The number of benzene rings is 1. The number of likely N-dealkylation sites (N-methyl/N-ethyl adjacent to an activating group) is 1. The summed E-state index contributed by atoms with van der Waals surface area (Å²) in [6, 6.07) is 9.13. The zero-order valence-electron chi connectivity index (χ0n) is 14.1. The van der Waals surface area contributed by atoms with E-state index in [1.807, 2.05) is 24.3 Å². The fourth-order valence-electron chi connectivity index (χ4n) is 3.82. The molecule has 2 atom stereocenters. The highest BCUT2D eigenvalue weighted by molar-refractivity contribution is 5.78. The molecule has 2 fully saturated rings. The summed E-state index contributed by atoms with van der Waals surface area (Å²) in [5.74, 6) is 0.915. The lowest BCUT2D eigenvalue weighted by Gasteiger charge is -2.25. The van der Waals surface area contributed by atoms with Crippen LogP contribution >= 0.6 is 0 Å². The smallest absolute Gasteiger partial charge is 0.234 e. The van der Waals surface area contributed by atoms with Crippen molar-refractivity contribution in [2.24, 2.45) is 0 Å². The van der Waals surface area contributed by atoms with Crippen LogP contribution in [0.1, 0.15) is 24.8 Å². The third kappa shape index (κ3) is 3.85. The van der Waals surface area contributed by atoms with Crippen LogP contribution in [0, 0.1) is 0 Å². The Morgan fingerprint density at radius 2 is 2.04 bits per heavy atom.